The van der Waals surface area contributed by atoms with Crippen LogP contribution in [0.5, 0.6) is 11.6 Å². The molecule has 6 nitrogen and oxygen atoms in total. The number of benzene rings is 2. The maximum absolute atomic E-state index is 13.0. The lowest BCUT2D eigenvalue weighted by Crippen LogP contribution is -2.39. The third-order valence-electron chi connectivity index (χ3n) is 4.87. The van der Waals surface area contributed by atoms with Gasteiger partial charge in [-0.05, 0) is 49.6 Å². The standard InChI is InChI=1S/C22H22ClF3N4O2/c1-13-7-8-15(14(2)9-13)10-17(12-23)27-20(31)19-21(28-29-30(19)3)32-18-6-4-5-16(11-18)22(24,25)26/h4-9,11,17H,10,12H2,1-3H3,(H,27,31). The second-order valence-corrected chi connectivity index (χ2v) is 7.76. The molecule has 10 heteroatoms. The molecule has 32 heavy (non-hydrogen) atoms. The molecule has 0 aliphatic heterocycles. The SMILES string of the molecule is Cc1ccc(CC(CCl)NC(=O)c2c(Oc3cccc(C(F)(F)F)c3)nnn2C)c(C)c1. The summed E-state index contributed by atoms with van der Waals surface area (Å²) in [4.78, 5) is 12.9. The molecule has 1 amide bonds. The normalized spacial score (nSPS) is 12.5. The maximum Gasteiger partial charge on any atom is 0.416 e. The number of carbonyl (C=O) groups is 1. The van der Waals surface area contributed by atoms with E-state index in [9.17, 15) is 18.0 Å². The van der Waals surface area contributed by atoms with Crippen LogP contribution in [0, 0.1) is 13.8 Å². The highest BCUT2D eigenvalue weighted by Gasteiger charge is 2.31. The van der Waals surface area contributed by atoms with Crippen molar-refractivity contribution in [2.24, 2.45) is 7.05 Å². The highest BCUT2D eigenvalue weighted by Crippen LogP contribution is 2.33. The molecule has 0 saturated heterocycles. The summed E-state index contributed by atoms with van der Waals surface area (Å²) in [5.74, 6) is -0.702. The van der Waals surface area contributed by atoms with Gasteiger partial charge in [-0.3, -0.25) is 4.79 Å². The van der Waals surface area contributed by atoms with Crippen molar-refractivity contribution in [3.8, 4) is 11.6 Å². The van der Waals surface area contributed by atoms with Gasteiger partial charge in [0.1, 0.15) is 5.75 Å². The Labute approximate surface area is 188 Å². The minimum Gasteiger partial charge on any atom is -0.436 e. The number of hydrogen-bond donors (Lipinski definition) is 1. The summed E-state index contributed by atoms with van der Waals surface area (Å²) in [5.41, 5.74) is 2.36. The van der Waals surface area contributed by atoms with E-state index in [1.807, 2.05) is 26.0 Å². The number of amides is 1. The van der Waals surface area contributed by atoms with E-state index < -0.39 is 17.6 Å². The van der Waals surface area contributed by atoms with E-state index in [0.29, 0.717) is 6.42 Å². The summed E-state index contributed by atoms with van der Waals surface area (Å²) in [6.07, 6.45) is -4.01. The fourth-order valence-corrected chi connectivity index (χ4v) is 3.42. The van der Waals surface area contributed by atoms with Gasteiger partial charge < -0.3 is 10.1 Å². The number of aromatic nitrogens is 3. The lowest BCUT2D eigenvalue weighted by Gasteiger charge is -2.18. The first kappa shape index (κ1) is 23.6. The molecule has 3 aromatic rings. The number of alkyl halides is 4. The van der Waals surface area contributed by atoms with Crippen molar-refractivity contribution >= 4 is 17.5 Å². The number of halogens is 4. The second-order valence-electron chi connectivity index (χ2n) is 7.45. The molecular weight excluding hydrogens is 445 g/mol. The Kier molecular flexibility index (Phi) is 7.08. The Bertz CT molecular complexity index is 1110. The molecule has 3 rings (SSSR count). The van der Waals surface area contributed by atoms with Crippen molar-refractivity contribution in [1.29, 1.82) is 0 Å². The molecule has 0 bridgehead atoms. The molecular formula is C22H22ClF3N4O2. The predicted molar refractivity (Wildman–Crippen MR) is 114 cm³/mol. The summed E-state index contributed by atoms with van der Waals surface area (Å²) in [5, 5.41) is 10.4. The van der Waals surface area contributed by atoms with Gasteiger partial charge in [0.25, 0.3) is 11.8 Å². The Morgan fingerprint density at radius 2 is 1.97 bits per heavy atom. The molecule has 1 atom stereocenters. The Balaban J connectivity index is 1.78. The van der Waals surface area contributed by atoms with Crippen LogP contribution >= 0.6 is 11.6 Å². The number of hydrogen-bond acceptors (Lipinski definition) is 4. The van der Waals surface area contributed by atoms with Gasteiger partial charge in [-0.1, -0.05) is 40.1 Å². The number of aryl methyl sites for hydroxylation is 3. The molecule has 1 unspecified atom stereocenters. The Morgan fingerprint density at radius 3 is 2.62 bits per heavy atom. The number of rotatable bonds is 7. The van der Waals surface area contributed by atoms with Crippen molar-refractivity contribution < 1.29 is 22.7 Å². The number of nitrogens with one attached hydrogen (secondary N) is 1. The third-order valence-corrected chi connectivity index (χ3v) is 5.25. The van der Waals surface area contributed by atoms with Crippen molar-refractivity contribution in [1.82, 2.24) is 20.3 Å². The summed E-state index contributed by atoms with van der Waals surface area (Å²) >= 11 is 6.09. The molecule has 170 valence electrons. The molecule has 2 aromatic carbocycles. The van der Waals surface area contributed by atoms with Crippen LogP contribution in [-0.4, -0.2) is 32.8 Å². The van der Waals surface area contributed by atoms with E-state index in [0.717, 1.165) is 28.8 Å². The van der Waals surface area contributed by atoms with E-state index in [2.05, 4.69) is 21.7 Å². The number of ether oxygens (including phenoxy) is 1. The van der Waals surface area contributed by atoms with Crippen molar-refractivity contribution in [2.75, 3.05) is 5.88 Å². The maximum atomic E-state index is 13.0. The summed E-state index contributed by atoms with van der Waals surface area (Å²) in [6, 6.07) is 9.95. The zero-order valence-corrected chi connectivity index (χ0v) is 18.5. The zero-order valence-electron chi connectivity index (χ0n) is 17.7. The predicted octanol–water partition coefficient (Wildman–Crippen LogP) is 4.82. The van der Waals surface area contributed by atoms with Crippen LogP contribution in [0.2, 0.25) is 0 Å². The van der Waals surface area contributed by atoms with Crippen LogP contribution in [0.4, 0.5) is 13.2 Å². The highest BCUT2D eigenvalue weighted by atomic mass is 35.5. The summed E-state index contributed by atoms with van der Waals surface area (Å²) < 4.78 is 45.6. The topological polar surface area (TPSA) is 69.0 Å². The van der Waals surface area contributed by atoms with Gasteiger partial charge in [-0.15, -0.1) is 11.6 Å². The largest absolute Gasteiger partial charge is 0.436 e. The summed E-state index contributed by atoms with van der Waals surface area (Å²) in [7, 11) is 1.49. The van der Waals surface area contributed by atoms with Crippen LogP contribution in [0.1, 0.15) is 32.7 Å². The first-order chi connectivity index (χ1) is 15.1. The van der Waals surface area contributed by atoms with E-state index in [4.69, 9.17) is 16.3 Å². The van der Waals surface area contributed by atoms with E-state index in [-0.39, 0.29) is 29.2 Å². The monoisotopic (exact) mass is 466 g/mol. The average Bonchev–Trinajstić information content (AvgIpc) is 3.09. The lowest BCUT2D eigenvalue weighted by atomic mass is 10.00. The molecule has 0 aliphatic carbocycles. The fraction of sp³-hybridized carbons (Fsp3) is 0.318. The van der Waals surface area contributed by atoms with Crippen LogP contribution in [0.15, 0.2) is 42.5 Å². The van der Waals surface area contributed by atoms with Gasteiger partial charge >= 0.3 is 6.18 Å². The Hall–Kier alpha value is -3.07. The van der Waals surface area contributed by atoms with Gasteiger partial charge in [0.2, 0.25) is 0 Å². The minimum atomic E-state index is -4.52. The van der Waals surface area contributed by atoms with E-state index in [1.54, 1.807) is 0 Å². The van der Waals surface area contributed by atoms with Gasteiger partial charge in [0, 0.05) is 19.0 Å². The molecule has 1 N–H and O–H groups in total. The third kappa shape index (κ3) is 5.59. The Morgan fingerprint density at radius 1 is 1.22 bits per heavy atom. The van der Waals surface area contributed by atoms with Crippen LogP contribution in [0.3, 0.4) is 0 Å². The van der Waals surface area contributed by atoms with Gasteiger partial charge in [0.15, 0.2) is 5.69 Å². The zero-order chi connectivity index (χ0) is 23.5. The van der Waals surface area contributed by atoms with Gasteiger partial charge in [0.05, 0.1) is 5.56 Å². The molecule has 1 heterocycles. The van der Waals surface area contributed by atoms with Crippen molar-refractivity contribution in [2.45, 2.75) is 32.5 Å². The molecule has 0 spiro atoms. The average molecular weight is 467 g/mol. The van der Waals surface area contributed by atoms with Crippen LogP contribution in [0.25, 0.3) is 0 Å². The highest BCUT2D eigenvalue weighted by molar-refractivity contribution is 6.18. The van der Waals surface area contributed by atoms with Gasteiger partial charge in [-0.2, -0.15) is 13.2 Å². The fourth-order valence-electron chi connectivity index (χ4n) is 3.24. The van der Waals surface area contributed by atoms with Crippen molar-refractivity contribution in [3.63, 3.8) is 0 Å². The smallest absolute Gasteiger partial charge is 0.416 e. The van der Waals surface area contributed by atoms with Crippen LogP contribution in [-0.2, 0) is 19.6 Å². The second kappa shape index (κ2) is 9.60. The molecule has 0 saturated carbocycles. The first-order valence-corrected chi connectivity index (χ1v) is 10.3. The number of carbonyl (C=O) groups excluding carboxylic acids is 1. The quantitative estimate of drug-likeness (QED) is 0.507. The van der Waals surface area contributed by atoms with Crippen LogP contribution < -0.4 is 10.1 Å². The molecule has 1 aromatic heterocycles. The number of nitrogens with zero attached hydrogens (tertiary/aromatic N) is 3. The molecule has 0 aliphatic rings. The van der Waals surface area contributed by atoms with E-state index in [1.165, 1.54) is 23.9 Å². The van der Waals surface area contributed by atoms with Gasteiger partial charge in [-0.25, -0.2) is 4.68 Å². The van der Waals surface area contributed by atoms with Crippen molar-refractivity contribution in [3.05, 3.63) is 70.4 Å². The van der Waals surface area contributed by atoms with E-state index >= 15 is 0 Å². The molecule has 0 fully saturated rings. The lowest BCUT2D eigenvalue weighted by molar-refractivity contribution is -0.137. The first-order valence-electron chi connectivity index (χ1n) is 9.76. The minimum absolute atomic E-state index is 0.0295. The molecule has 0 radical (unpaired) electrons. The summed E-state index contributed by atoms with van der Waals surface area (Å²) in [6.45, 7) is 3.99.